The summed E-state index contributed by atoms with van der Waals surface area (Å²) in [6, 6.07) is 10.0. The summed E-state index contributed by atoms with van der Waals surface area (Å²) in [6.07, 6.45) is 4.18. The number of hydrogen-bond acceptors (Lipinski definition) is 2. The summed E-state index contributed by atoms with van der Waals surface area (Å²) in [4.78, 5) is 4.84. The van der Waals surface area contributed by atoms with Gasteiger partial charge in [-0.25, -0.2) is 4.89 Å². The van der Waals surface area contributed by atoms with Gasteiger partial charge in [-0.2, -0.15) is 0 Å². The van der Waals surface area contributed by atoms with Crippen LogP contribution in [0.2, 0.25) is 0 Å². The van der Waals surface area contributed by atoms with Crippen molar-refractivity contribution in [2.45, 2.75) is 38.2 Å². The molecule has 1 aromatic rings. The first-order valence-electron chi connectivity index (χ1n) is 5.65. The molecule has 2 heteroatoms. The van der Waals surface area contributed by atoms with Gasteiger partial charge in [0.25, 0.3) is 0 Å². The molecular formula is C13H18O2. The summed E-state index contributed by atoms with van der Waals surface area (Å²) in [5.74, 6) is 0.617. The summed E-state index contributed by atoms with van der Waals surface area (Å²) >= 11 is 0. The van der Waals surface area contributed by atoms with Gasteiger partial charge in [0.1, 0.15) is 5.60 Å². The molecule has 82 valence electrons. The zero-order chi connectivity index (χ0) is 10.7. The fraction of sp³-hybridized carbons (Fsp3) is 0.538. The lowest BCUT2D eigenvalue weighted by molar-refractivity contribution is -0.340. The standard InChI is InChI=1S/C13H18O2/c1-11-6-5-9-13(10-11,15-14)12-7-3-2-4-8-12/h2-4,7-8,11,14H,5-6,9-10H2,1H3/t11-,13+/m1/s1. The van der Waals surface area contributed by atoms with Gasteiger partial charge in [0, 0.05) is 0 Å². The Balaban J connectivity index is 2.28. The van der Waals surface area contributed by atoms with Crippen molar-refractivity contribution in [3.05, 3.63) is 35.9 Å². The lowest BCUT2D eigenvalue weighted by Crippen LogP contribution is -2.34. The molecule has 2 rings (SSSR count). The van der Waals surface area contributed by atoms with Crippen molar-refractivity contribution in [2.24, 2.45) is 5.92 Å². The van der Waals surface area contributed by atoms with Crippen LogP contribution >= 0.6 is 0 Å². The molecule has 0 amide bonds. The van der Waals surface area contributed by atoms with Gasteiger partial charge >= 0.3 is 0 Å². The number of benzene rings is 1. The first-order valence-corrected chi connectivity index (χ1v) is 5.65. The molecule has 1 fully saturated rings. The van der Waals surface area contributed by atoms with Crippen LogP contribution in [0.3, 0.4) is 0 Å². The minimum atomic E-state index is -0.459. The molecule has 1 aliphatic rings. The van der Waals surface area contributed by atoms with E-state index in [0.717, 1.165) is 24.8 Å². The Bertz CT molecular complexity index is 310. The van der Waals surface area contributed by atoms with E-state index in [2.05, 4.69) is 6.92 Å². The zero-order valence-corrected chi connectivity index (χ0v) is 9.15. The van der Waals surface area contributed by atoms with Gasteiger partial charge in [-0.1, -0.05) is 43.7 Å². The molecule has 1 aliphatic carbocycles. The van der Waals surface area contributed by atoms with E-state index in [0.29, 0.717) is 5.92 Å². The van der Waals surface area contributed by atoms with Crippen LogP contribution in [-0.4, -0.2) is 5.26 Å². The number of rotatable bonds is 2. The van der Waals surface area contributed by atoms with Crippen molar-refractivity contribution < 1.29 is 10.1 Å². The van der Waals surface area contributed by atoms with E-state index in [9.17, 15) is 5.26 Å². The summed E-state index contributed by atoms with van der Waals surface area (Å²) in [6.45, 7) is 2.22. The van der Waals surface area contributed by atoms with Gasteiger partial charge in [0.2, 0.25) is 0 Å². The van der Waals surface area contributed by atoms with Gasteiger partial charge in [-0.3, -0.25) is 5.26 Å². The Morgan fingerprint density at radius 1 is 1.33 bits per heavy atom. The van der Waals surface area contributed by atoms with E-state index in [1.807, 2.05) is 30.3 Å². The molecule has 1 saturated carbocycles. The van der Waals surface area contributed by atoms with Crippen molar-refractivity contribution >= 4 is 0 Å². The van der Waals surface area contributed by atoms with Crippen LogP contribution in [0.25, 0.3) is 0 Å². The van der Waals surface area contributed by atoms with Crippen molar-refractivity contribution in [1.29, 1.82) is 0 Å². The molecule has 0 aliphatic heterocycles. The Morgan fingerprint density at radius 2 is 2.07 bits per heavy atom. The molecule has 2 nitrogen and oxygen atoms in total. The van der Waals surface area contributed by atoms with E-state index < -0.39 is 5.60 Å². The largest absolute Gasteiger partial charge is 0.251 e. The first kappa shape index (κ1) is 10.7. The zero-order valence-electron chi connectivity index (χ0n) is 9.15. The molecule has 0 radical (unpaired) electrons. The minimum absolute atomic E-state index is 0.459. The Morgan fingerprint density at radius 3 is 2.67 bits per heavy atom. The monoisotopic (exact) mass is 206 g/mol. The Hall–Kier alpha value is -0.860. The van der Waals surface area contributed by atoms with E-state index >= 15 is 0 Å². The minimum Gasteiger partial charge on any atom is -0.251 e. The number of hydrogen-bond donors (Lipinski definition) is 1. The van der Waals surface area contributed by atoms with Gasteiger partial charge in [-0.15, -0.1) is 0 Å². The fourth-order valence-electron chi connectivity index (χ4n) is 2.64. The predicted molar refractivity (Wildman–Crippen MR) is 59.5 cm³/mol. The normalized spacial score (nSPS) is 31.5. The molecule has 0 aromatic heterocycles. The first-order chi connectivity index (χ1) is 7.27. The molecule has 2 atom stereocenters. The highest BCUT2D eigenvalue weighted by atomic mass is 17.1. The molecule has 1 N–H and O–H groups in total. The molecule has 1 aromatic carbocycles. The van der Waals surface area contributed by atoms with Crippen LogP contribution in [0.4, 0.5) is 0 Å². The fourth-order valence-corrected chi connectivity index (χ4v) is 2.64. The van der Waals surface area contributed by atoms with Gasteiger partial charge in [0.15, 0.2) is 0 Å². The third-order valence-electron chi connectivity index (χ3n) is 3.43. The second-order valence-electron chi connectivity index (χ2n) is 4.65. The van der Waals surface area contributed by atoms with Crippen LogP contribution in [0.15, 0.2) is 30.3 Å². The van der Waals surface area contributed by atoms with Crippen LogP contribution < -0.4 is 0 Å². The molecule has 0 saturated heterocycles. The molecule has 0 unspecified atom stereocenters. The van der Waals surface area contributed by atoms with Crippen LogP contribution in [0.5, 0.6) is 0 Å². The highest BCUT2D eigenvalue weighted by Crippen LogP contribution is 2.42. The second kappa shape index (κ2) is 4.33. The van der Waals surface area contributed by atoms with E-state index in [1.165, 1.54) is 6.42 Å². The third-order valence-corrected chi connectivity index (χ3v) is 3.43. The van der Waals surface area contributed by atoms with Gasteiger partial charge in [-0.05, 0) is 30.7 Å². The smallest absolute Gasteiger partial charge is 0.128 e. The van der Waals surface area contributed by atoms with Crippen LogP contribution in [0.1, 0.15) is 38.2 Å². The molecule has 15 heavy (non-hydrogen) atoms. The van der Waals surface area contributed by atoms with Crippen molar-refractivity contribution in [3.63, 3.8) is 0 Å². The highest BCUT2D eigenvalue weighted by Gasteiger charge is 2.38. The molecule has 0 spiro atoms. The summed E-state index contributed by atoms with van der Waals surface area (Å²) in [7, 11) is 0. The quantitative estimate of drug-likeness (QED) is 0.592. The maximum Gasteiger partial charge on any atom is 0.128 e. The van der Waals surface area contributed by atoms with Crippen LogP contribution in [0, 0.1) is 5.92 Å². The van der Waals surface area contributed by atoms with Crippen molar-refractivity contribution in [1.82, 2.24) is 0 Å². The predicted octanol–water partition coefficient (Wildman–Crippen LogP) is 3.58. The van der Waals surface area contributed by atoms with E-state index in [4.69, 9.17) is 4.89 Å². The summed E-state index contributed by atoms with van der Waals surface area (Å²) in [5.41, 5.74) is 0.637. The van der Waals surface area contributed by atoms with Crippen molar-refractivity contribution in [2.75, 3.05) is 0 Å². The average Bonchev–Trinajstić information content (AvgIpc) is 2.30. The summed E-state index contributed by atoms with van der Waals surface area (Å²) in [5, 5.41) is 9.21. The third kappa shape index (κ3) is 2.06. The van der Waals surface area contributed by atoms with E-state index in [1.54, 1.807) is 0 Å². The molecule has 0 bridgehead atoms. The lowest BCUT2D eigenvalue weighted by atomic mass is 9.75. The SMILES string of the molecule is C[C@@H]1CCC[C@@](OO)(c2ccccc2)C1. The Labute approximate surface area is 90.8 Å². The van der Waals surface area contributed by atoms with E-state index in [-0.39, 0.29) is 0 Å². The molecule has 0 heterocycles. The highest BCUT2D eigenvalue weighted by molar-refractivity contribution is 5.23. The van der Waals surface area contributed by atoms with Crippen LogP contribution in [-0.2, 0) is 10.5 Å². The Kier molecular flexibility index (Phi) is 3.08. The maximum absolute atomic E-state index is 9.21. The lowest BCUT2D eigenvalue weighted by Gasteiger charge is -2.37. The topological polar surface area (TPSA) is 29.5 Å². The summed E-state index contributed by atoms with van der Waals surface area (Å²) < 4.78 is 0. The maximum atomic E-state index is 9.21. The second-order valence-corrected chi connectivity index (χ2v) is 4.65. The van der Waals surface area contributed by atoms with Gasteiger partial charge < -0.3 is 0 Å². The van der Waals surface area contributed by atoms with Crippen molar-refractivity contribution in [3.8, 4) is 0 Å². The molecular weight excluding hydrogens is 188 g/mol. The van der Waals surface area contributed by atoms with Gasteiger partial charge in [0.05, 0.1) is 0 Å². The average molecular weight is 206 g/mol.